The lowest BCUT2D eigenvalue weighted by molar-refractivity contribution is 0.0955. The molecule has 0 saturated carbocycles. The van der Waals surface area contributed by atoms with Crippen LogP contribution in [0.1, 0.15) is 15.9 Å². The van der Waals surface area contributed by atoms with Gasteiger partial charge in [0.15, 0.2) is 0 Å². The number of nitrogens with zero attached hydrogens (tertiary/aromatic N) is 1. The maximum absolute atomic E-state index is 12.7. The maximum atomic E-state index is 12.7. The Labute approximate surface area is 114 Å². The maximum Gasteiger partial charge on any atom is 0.271 e. The van der Waals surface area contributed by atoms with Gasteiger partial charge in [0.2, 0.25) is 0 Å². The molecule has 1 N–H and O–H groups in total. The SMILES string of the molecule is O=C(N/N=C/c1cccc(Cl)c1)c1ccc(F)cc1. The van der Waals surface area contributed by atoms with Crippen LogP contribution >= 0.6 is 11.6 Å². The number of carbonyl (C=O) groups excluding carboxylic acids is 1. The van der Waals surface area contributed by atoms with E-state index in [1.807, 2.05) is 0 Å². The fourth-order valence-corrected chi connectivity index (χ4v) is 1.62. The van der Waals surface area contributed by atoms with Crippen molar-refractivity contribution in [2.24, 2.45) is 5.10 Å². The highest BCUT2D eigenvalue weighted by atomic mass is 35.5. The number of rotatable bonds is 3. The summed E-state index contributed by atoms with van der Waals surface area (Å²) in [5, 5.41) is 4.40. The molecule has 0 radical (unpaired) electrons. The smallest absolute Gasteiger partial charge is 0.267 e. The molecule has 2 aromatic rings. The number of nitrogens with one attached hydrogen (secondary N) is 1. The molecule has 0 aliphatic carbocycles. The van der Waals surface area contributed by atoms with Crippen molar-refractivity contribution in [1.29, 1.82) is 0 Å². The summed E-state index contributed by atoms with van der Waals surface area (Å²) >= 11 is 5.81. The number of hydrogen-bond acceptors (Lipinski definition) is 2. The highest BCUT2D eigenvalue weighted by Gasteiger charge is 2.03. The van der Waals surface area contributed by atoms with Gasteiger partial charge >= 0.3 is 0 Å². The van der Waals surface area contributed by atoms with Gasteiger partial charge in [-0.25, -0.2) is 9.82 Å². The minimum absolute atomic E-state index is 0.338. The molecule has 0 saturated heterocycles. The van der Waals surface area contributed by atoms with Gasteiger partial charge in [0.25, 0.3) is 5.91 Å². The second kappa shape index (κ2) is 6.11. The molecule has 0 aliphatic heterocycles. The number of amides is 1. The largest absolute Gasteiger partial charge is 0.271 e. The first kappa shape index (κ1) is 13.2. The molecular weight excluding hydrogens is 267 g/mol. The van der Waals surface area contributed by atoms with Crippen LogP contribution in [0, 0.1) is 5.82 Å². The summed E-state index contributed by atoms with van der Waals surface area (Å²) in [4.78, 5) is 11.6. The number of hydrogen-bond donors (Lipinski definition) is 1. The van der Waals surface area contributed by atoms with Crippen LogP contribution in [0.25, 0.3) is 0 Å². The van der Waals surface area contributed by atoms with E-state index in [1.165, 1.54) is 30.5 Å². The van der Waals surface area contributed by atoms with Crippen molar-refractivity contribution in [1.82, 2.24) is 5.43 Å². The van der Waals surface area contributed by atoms with Crippen LogP contribution in [0.4, 0.5) is 4.39 Å². The fourth-order valence-electron chi connectivity index (χ4n) is 1.42. The molecule has 0 fully saturated rings. The fraction of sp³-hybridized carbons (Fsp3) is 0. The second-order valence-electron chi connectivity index (χ2n) is 3.76. The van der Waals surface area contributed by atoms with Crippen molar-refractivity contribution >= 4 is 23.7 Å². The van der Waals surface area contributed by atoms with E-state index >= 15 is 0 Å². The van der Waals surface area contributed by atoms with Gasteiger partial charge in [-0.15, -0.1) is 0 Å². The summed E-state index contributed by atoms with van der Waals surface area (Å²) in [6, 6.07) is 12.3. The predicted octanol–water partition coefficient (Wildman–Crippen LogP) is 3.24. The third-order valence-electron chi connectivity index (χ3n) is 2.33. The average Bonchev–Trinajstić information content (AvgIpc) is 2.39. The van der Waals surface area contributed by atoms with Crippen molar-refractivity contribution in [2.75, 3.05) is 0 Å². The first-order valence-electron chi connectivity index (χ1n) is 5.50. The Balaban J connectivity index is 1.98. The van der Waals surface area contributed by atoms with Gasteiger partial charge in [0.05, 0.1) is 6.21 Å². The highest BCUT2D eigenvalue weighted by Crippen LogP contribution is 2.08. The summed E-state index contributed by atoms with van der Waals surface area (Å²) in [5.74, 6) is -0.794. The molecular formula is C14H10ClFN2O. The average molecular weight is 277 g/mol. The van der Waals surface area contributed by atoms with Crippen molar-refractivity contribution in [3.63, 3.8) is 0 Å². The summed E-state index contributed by atoms with van der Waals surface area (Å²) in [6.45, 7) is 0. The molecule has 5 heteroatoms. The highest BCUT2D eigenvalue weighted by molar-refractivity contribution is 6.30. The third-order valence-corrected chi connectivity index (χ3v) is 2.57. The molecule has 2 rings (SSSR count). The Morgan fingerprint density at radius 1 is 1.21 bits per heavy atom. The van der Waals surface area contributed by atoms with Crippen LogP contribution < -0.4 is 5.43 Å². The lowest BCUT2D eigenvalue weighted by Gasteiger charge is -1.99. The number of halogens is 2. The Bertz CT molecular complexity index is 611. The van der Waals surface area contributed by atoms with Gasteiger partial charge < -0.3 is 0 Å². The number of benzene rings is 2. The lowest BCUT2D eigenvalue weighted by atomic mass is 10.2. The summed E-state index contributed by atoms with van der Waals surface area (Å²) in [7, 11) is 0. The van der Waals surface area contributed by atoms with Crippen LogP contribution in [0.3, 0.4) is 0 Å². The minimum atomic E-state index is -0.404. The van der Waals surface area contributed by atoms with E-state index in [0.717, 1.165) is 5.56 Å². The van der Waals surface area contributed by atoms with E-state index in [1.54, 1.807) is 24.3 Å². The van der Waals surface area contributed by atoms with Crippen molar-refractivity contribution in [3.05, 3.63) is 70.5 Å². The van der Waals surface area contributed by atoms with Gasteiger partial charge in [0.1, 0.15) is 5.82 Å². The van der Waals surface area contributed by atoms with E-state index in [4.69, 9.17) is 11.6 Å². The Morgan fingerprint density at radius 2 is 1.95 bits per heavy atom. The van der Waals surface area contributed by atoms with Crippen molar-refractivity contribution in [3.8, 4) is 0 Å². The molecule has 3 nitrogen and oxygen atoms in total. The quantitative estimate of drug-likeness (QED) is 0.679. The topological polar surface area (TPSA) is 41.5 Å². The minimum Gasteiger partial charge on any atom is -0.267 e. The summed E-state index contributed by atoms with van der Waals surface area (Å²) < 4.78 is 12.7. The Kier molecular flexibility index (Phi) is 4.26. The molecule has 1 amide bonds. The zero-order chi connectivity index (χ0) is 13.7. The molecule has 0 atom stereocenters. The van der Waals surface area contributed by atoms with E-state index in [-0.39, 0.29) is 5.82 Å². The molecule has 19 heavy (non-hydrogen) atoms. The summed E-state index contributed by atoms with van der Waals surface area (Å²) in [6.07, 6.45) is 1.48. The standard InChI is InChI=1S/C14H10ClFN2O/c15-12-3-1-2-10(8-12)9-17-18-14(19)11-4-6-13(16)7-5-11/h1-9H,(H,18,19)/b17-9+. The van der Waals surface area contributed by atoms with Gasteiger partial charge in [0, 0.05) is 10.6 Å². The second-order valence-corrected chi connectivity index (χ2v) is 4.20. The van der Waals surface area contributed by atoms with E-state index in [9.17, 15) is 9.18 Å². The van der Waals surface area contributed by atoms with Crippen LogP contribution in [0.5, 0.6) is 0 Å². The van der Waals surface area contributed by atoms with E-state index < -0.39 is 5.91 Å². The zero-order valence-corrected chi connectivity index (χ0v) is 10.6. The van der Waals surface area contributed by atoms with Crippen LogP contribution in [0.15, 0.2) is 53.6 Å². The van der Waals surface area contributed by atoms with Crippen LogP contribution in [0.2, 0.25) is 5.02 Å². The third kappa shape index (κ3) is 3.89. The van der Waals surface area contributed by atoms with Gasteiger partial charge in [-0.2, -0.15) is 5.10 Å². The molecule has 0 aliphatic rings. The van der Waals surface area contributed by atoms with Crippen molar-refractivity contribution < 1.29 is 9.18 Å². The molecule has 0 spiro atoms. The monoisotopic (exact) mass is 276 g/mol. The van der Waals surface area contributed by atoms with Crippen LogP contribution in [-0.4, -0.2) is 12.1 Å². The Morgan fingerprint density at radius 3 is 2.63 bits per heavy atom. The zero-order valence-electron chi connectivity index (χ0n) is 9.81. The first-order valence-corrected chi connectivity index (χ1v) is 5.87. The first-order chi connectivity index (χ1) is 9.15. The van der Waals surface area contributed by atoms with Crippen molar-refractivity contribution in [2.45, 2.75) is 0 Å². The normalized spacial score (nSPS) is 10.6. The summed E-state index contributed by atoms with van der Waals surface area (Å²) in [5.41, 5.74) is 3.46. The van der Waals surface area contributed by atoms with E-state index in [0.29, 0.717) is 10.6 Å². The van der Waals surface area contributed by atoms with Crippen LogP contribution in [-0.2, 0) is 0 Å². The number of carbonyl (C=O) groups is 1. The lowest BCUT2D eigenvalue weighted by Crippen LogP contribution is -2.17. The van der Waals surface area contributed by atoms with Gasteiger partial charge in [-0.05, 0) is 42.0 Å². The molecule has 0 unspecified atom stereocenters. The predicted molar refractivity (Wildman–Crippen MR) is 72.9 cm³/mol. The Hall–Kier alpha value is -2.20. The molecule has 96 valence electrons. The van der Waals surface area contributed by atoms with Gasteiger partial charge in [-0.3, -0.25) is 4.79 Å². The molecule has 0 heterocycles. The van der Waals surface area contributed by atoms with E-state index in [2.05, 4.69) is 10.5 Å². The number of hydrazone groups is 1. The molecule has 0 aromatic heterocycles. The molecule has 0 bridgehead atoms. The van der Waals surface area contributed by atoms with Gasteiger partial charge in [-0.1, -0.05) is 23.7 Å². The molecule has 2 aromatic carbocycles.